The molecule has 4 heteroatoms. The Labute approximate surface area is 110 Å². The number of hydrogen-bond donors (Lipinski definition) is 1. The maximum Gasteiger partial charge on any atom is 0.203 e. The van der Waals surface area contributed by atoms with Gasteiger partial charge in [0.25, 0.3) is 0 Å². The molecule has 0 saturated carbocycles. The van der Waals surface area contributed by atoms with E-state index in [-0.39, 0.29) is 0 Å². The lowest BCUT2D eigenvalue weighted by atomic mass is 9.97. The van der Waals surface area contributed by atoms with Gasteiger partial charge in [0.15, 0.2) is 0 Å². The van der Waals surface area contributed by atoms with Gasteiger partial charge in [0, 0.05) is 19.3 Å². The smallest absolute Gasteiger partial charge is 0.203 e. The van der Waals surface area contributed by atoms with E-state index in [2.05, 4.69) is 46.7 Å². The molecule has 2 heterocycles. The minimum absolute atomic E-state index is 0.804. The second-order valence-electron chi connectivity index (χ2n) is 5.27. The fraction of sp³-hybridized carbons (Fsp3) is 0.786. The summed E-state index contributed by atoms with van der Waals surface area (Å²) >= 11 is 0. The summed E-state index contributed by atoms with van der Waals surface area (Å²) in [5, 5.41) is 3.35. The summed E-state index contributed by atoms with van der Waals surface area (Å²) in [6.45, 7) is 12.2. The Kier molecular flexibility index (Phi) is 4.64. The zero-order valence-corrected chi connectivity index (χ0v) is 11.9. The van der Waals surface area contributed by atoms with Crippen molar-refractivity contribution in [1.29, 1.82) is 0 Å². The Hall–Kier alpha value is -1.03. The number of aryl methyl sites for hydroxylation is 1. The minimum Gasteiger partial charge on any atom is -0.356 e. The fourth-order valence-electron chi connectivity index (χ4n) is 2.75. The summed E-state index contributed by atoms with van der Waals surface area (Å²) in [6.07, 6.45) is 4.80. The second kappa shape index (κ2) is 6.23. The molecule has 0 atom stereocenters. The Morgan fingerprint density at radius 1 is 1.33 bits per heavy atom. The molecule has 1 aliphatic heterocycles. The van der Waals surface area contributed by atoms with Gasteiger partial charge in [-0.15, -0.1) is 0 Å². The average Bonchev–Trinajstić information content (AvgIpc) is 2.71. The minimum atomic E-state index is 0.804. The van der Waals surface area contributed by atoms with Crippen LogP contribution in [0.4, 0.5) is 5.95 Å². The molecule has 1 saturated heterocycles. The molecule has 1 aromatic rings. The molecule has 0 radical (unpaired) electrons. The molecule has 0 bridgehead atoms. The third-order valence-electron chi connectivity index (χ3n) is 3.84. The summed E-state index contributed by atoms with van der Waals surface area (Å²) in [4.78, 5) is 7.08. The van der Waals surface area contributed by atoms with E-state index in [4.69, 9.17) is 0 Å². The van der Waals surface area contributed by atoms with Gasteiger partial charge in [-0.05, 0) is 52.2 Å². The van der Waals surface area contributed by atoms with Gasteiger partial charge in [0.1, 0.15) is 0 Å². The van der Waals surface area contributed by atoms with E-state index in [9.17, 15) is 0 Å². The molecule has 4 nitrogen and oxygen atoms in total. The molecule has 0 aliphatic carbocycles. The van der Waals surface area contributed by atoms with Crippen LogP contribution < -0.4 is 5.32 Å². The lowest BCUT2D eigenvalue weighted by Gasteiger charge is -2.31. The molecule has 0 aromatic carbocycles. The normalized spacial score (nSPS) is 18.2. The highest BCUT2D eigenvalue weighted by Gasteiger charge is 2.19. The molecule has 2 rings (SSSR count). The topological polar surface area (TPSA) is 33.1 Å². The SMILES string of the molecule is CCNc1nc(C)cn1CC1CCN(CC)CC1. The van der Waals surface area contributed by atoms with Crippen molar-refractivity contribution in [3.63, 3.8) is 0 Å². The van der Waals surface area contributed by atoms with Gasteiger partial charge in [-0.1, -0.05) is 6.92 Å². The van der Waals surface area contributed by atoms with E-state index in [0.717, 1.165) is 30.6 Å². The maximum absolute atomic E-state index is 4.54. The van der Waals surface area contributed by atoms with Crippen molar-refractivity contribution in [2.24, 2.45) is 5.92 Å². The van der Waals surface area contributed by atoms with Crippen LogP contribution in [0, 0.1) is 12.8 Å². The van der Waals surface area contributed by atoms with Crippen LogP contribution in [0.15, 0.2) is 6.20 Å². The van der Waals surface area contributed by atoms with Crippen molar-refractivity contribution < 1.29 is 0 Å². The highest BCUT2D eigenvalue weighted by atomic mass is 15.2. The molecule has 1 aromatic heterocycles. The number of aromatic nitrogens is 2. The maximum atomic E-state index is 4.54. The Morgan fingerprint density at radius 2 is 2.06 bits per heavy atom. The fourth-order valence-corrected chi connectivity index (χ4v) is 2.75. The van der Waals surface area contributed by atoms with Gasteiger partial charge in [0.2, 0.25) is 5.95 Å². The molecule has 0 spiro atoms. The predicted octanol–water partition coefficient (Wildman–Crippen LogP) is 2.36. The summed E-state index contributed by atoms with van der Waals surface area (Å²) < 4.78 is 2.30. The lowest BCUT2D eigenvalue weighted by molar-refractivity contribution is 0.181. The van der Waals surface area contributed by atoms with Crippen LogP contribution in [0.3, 0.4) is 0 Å². The van der Waals surface area contributed by atoms with Crippen molar-refractivity contribution >= 4 is 5.95 Å². The first-order valence-corrected chi connectivity index (χ1v) is 7.23. The van der Waals surface area contributed by atoms with Gasteiger partial charge < -0.3 is 14.8 Å². The predicted molar refractivity (Wildman–Crippen MR) is 76.0 cm³/mol. The van der Waals surface area contributed by atoms with Crippen LogP contribution in [0.5, 0.6) is 0 Å². The third kappa shape index (κ3) is 3.25. The third-order valence-corrected chi connectivity index (χ3v) is 3.84. The summed E-state index contributed by atoms with van der Waals surface area (Å²) in [5.74, 6) is 1.84. The molecule has 102 valence electrons. The van der Waals surface area contributed by atoms with Gasteiger partial charge in [-0.2, -0.15) is 0 Å². The van der Waals surface area contributed by atoms with E-state index < -0.39 is 0 Å². The van der Waals surface area contributed by atoms with Crippen LogP contribution in [-0.4, -0.2) is 40.6 Å². The molecule has 1 fully saturated rings. The first-order chi connectivity index (χ1) is 8.72. The van der Waals surface area contributed by atoms with Crippen molar-refractivity contribution in [1.82, 2.24) is 14.5 Å². The number of hydrogen-bond acceptors (Lipinski definition) is 3. The second-order valence-corrected chi connectivity index (χ2v) is 5.27. The number of imidazole rings is 1. The molecule has 18 heavy (non-hydrogen) atoms. The number of anilines is 1. The summed E-state index contributed by atoms with van der Waals surface area (Å²) in [6, 6.07) is 0. The van der Waals surface area contributed by atoms with Crippen LogP contribution in [0.1, 0.15) is 32.4 Å². The zero-order chi connectivity index (χ0) is 13.0. The molecule has 1 N–H and O–H groups in total. The van der Waals surface area contributed by atoms with E-state index in [1.165, 1.54) is 32.5 Å². The van der Waals surface area contributed by atoms with Gasteiger partial charge in [0.05, 0.1) is 5.69 Å². The molecular formula is C14H26N4. The van der Waals surface area contributed by atoms with Crippen LogP contribution >= 0.6 is 0 Å². The van der Waals surface area contributed by atoms with E-state index in [0.29, 0.717) is 0 Å². The van der Waals surface area contributed by atoms with E-state index in [1.54, 1.807) is 0 Å². The van der Waals surface area contributed by atoms with Crippen LogP contribution in [0.2, 0.25) is 0 Å². The number of rotatable bonds is 5. The number of nitrogens with zero attached hydrogens (tertiary/aromatic N) is 3. The quantitative estimate of drug-likeness (QED) is 0.871. The van der Waals surface area contributed by atoms with Crippen LogP contribution in [0.25, 0.3) is 0 Å². The van der Waals surface area contributed by atoms with Crippen LogP contribution in [-0.2, 0) is 6.54 Å². The van der Waals surface area contributed by atoms with Crippen molar-refractivity contribution in [2.45, 2.75) is 40.2 Å². The monoisotopic (exact) mass is 250 g/mol. The van der Waals surface area contributed by atoms with Gasteiger partial charge >= 0.3 is 0 Å². The average molecular weight is 250 g/mol. The van der Waals surface area contributed by atoms with Crippen molar-refractivity contribution in [3.05, 3.63) is 11.9 Å². The highest BCUT2D eigenvalue weighted by molar-refractivity contribution is 5.28. The van der Waals surface area contributed by atoms with E-state index in [1.807, 2.05) is 0 Å². The van der Waals surface area contributed by atoms with Crippen molar-refractivity contribution in [2.75, 3.05) is 31.5 Å². The zero-order valence-electron chi connectivity index (χ0n) is 11.9. The highest BCUT2D eigenvalue weighted by Crippen LogP contribution is 2.21. The molecule has 1 aliphatic rings. The summed E-state index contributed by atoms with van der Waals surface area (Å²) in [7, 11) is 0. The lowest BCUT2D eigenvalue weighted by Crippen LogP contribution is -2.34. The number of piperidine rings is 1. The summed E-state index contributed by atoms with van der Waals surface area (Å²) in [5.41, 5.74) is 1.11. The van der Waals surface area contributed by atoms with E-state index >= 15 is 0 Å². The number of likely N-dealkylation sites (tertiary alicyclic amines) is 1. The standard InChI is InChI=1S/C14H26N4/c1-4-15-14-16-12(3)10-18(14)11-13-6-8-17(5-2)9-7-13/h10,13H,4-9,11H2,1-3H3,(H,15,16). The van der Waals surface area contributed by atoms with Gasteiger partial charge in [-0.25, -0.2) is 4.98 Å². The Bertz CT molecular complexity index is 364. The largest absolute Gasteiger partial charge is 0.356 e. The molecular weight excluding hydrogens is 224 g/mol. The van der Waals surface area contributed by atoms with Crippen molar-refractivity contribution in [3.8, 4) is 0 Å². The molecule has 0 amide bonds. The Balaban J connectivity index is 1.93. The Morgan fingerprint density at radius 3 is 2.67 bits per heavy atom. The van der Waals surface area contributed by atoms with Gasteiger partial charge in [-0.3, -0.25) is 0 Å². The first kappa shape index (κ1) is 13.4. The first-order valence-electron chi connectivity index (χ1n) is 7.23. The molecule has 0 unspecified atom stereocenters. The number of nitrogens with one attached hydrogen (secondary N) is 1.